The zero-order valence-electron chi connectivity index (χ0n) is 21.8. The van der Waals surface area contributed by atoms with Crippen LogP contribution in [0.2, 0.25) is 0 Å². The molecule has 1 amide bonds. The molecule has 3 atom stereocenters. The smallest absolute Gasteiger partial charge is 0.323 e. The van der Waals surface area contributed by atoms with Gasteiger partial charge in [0.2, 0.25) is 5.91 Å². The van der Waals surface area contributed by atoms with Crippen molar-refractivity contribution in [1.29, 1.82) is 0 Å². The van der Waals surface area contributed by atoms with Crippen LogP contribution >= 0.6 is 0 Å². The first-order valence-electron chi connectivity index (χ1n) is 12.9. The monoisotopic (exact) mass is 496 g/mol. The molecular formula is C29H40N2O5. The molecule has 7 heteroatoms. The van der Waals surface area contributed by atoms with E-state index in [0.717, 1.165) is 11.3 Å². The van der Waals surface area contributed by atoms with Gasteiger partial charge in [0.25, 0.3) is 0 Å². The second kappa shape index (κ2) is 12.8. The molecule has 1 aliphatic rings. The lowest BCUT2D eigenvalue weighted by atomic mass is 9.98. The number of nitrogens with one attached hydrogen (secondary N) is 1. The van der Waals surface area contributed by atoms with Gasteiger partial charge in [0.15, 0.2) is 0 Å². The van der Waals surface area contributed by atoms with Crippen molar-refractivity contribution in [3.05, 3.63) is 59.7 Å². The van der Waals surface area contributed by atoms with Gasteiger partial charge < -0.3 is 25.2 Å². The van der Waals surface area contributed by atoms with Crippen molar-refractivity contribution >= 4 is 17.6 Å². The summed E-state index contributed by atoms with van der Waals surface area (Å²) in [5, 5.41) is 23.8. The summed E-state index contributed by atoms with van der Waals surface area (Å²) >= 11 is 0. The number of carboxylic acids is 1. The Kier molecular flexibility index (Phi) is 9.76. The van der Waals surface area contributed by atoms with Crippen molar-refractivity contribution < 1.29 is 24.5 Å². The van der Waals surface area contributed by atoms with E-state index in [1.807, 2.05) is 50.2 Å². The molecule has 3 N–H and O–H groups in total. The van der Waals surface area contributed by atoms with Gasteiger partial charge in [-0.3, -0.25) is 9.59 Å². The summed E-state index contributed by atoms with van der Waals surface area (Å²) in [7, 11) is 0. The molecule has 0 unspecified atom stereocenters. The van der Waals surface area contributed by atoms with E-state index in [2.05, 4.69) is 31.3 Å². The number of ether oxygens (including phenoxy) is 1. The topological polar surface area (TPSA) is 99.1 Å². The lowest BCUT2D eigenvalue weighted by molar-refractivity contribution is -0.147. The number of aliphatic hydroxyl groups excluding tert-OH is 1. The minimum atomic E-state index is -1.05. The molecule has 0 aromatic heterocycles. The summed E-state index contributed by atoms with van der Waals surface area (Å²) in [6.45, 7) is 8.01. The third-order valence-corrected chi connectivity index (χ3v) is 6.64. The number of aliphatic carboxylic acids is 1. The fraction of sp³-hybridized carbons (Fsp3) is 0.517. The number of carbonyl (C=O) groups is 2. The fourth-order valence-corrected chi connectivity index (χ4v) is 4.75. The Morgan fingerprint density at radius 2 is 1.75 bits per heavy atom. The van der Waals surface area contributed by atoms with Crippen molar-refractivity contribution in [2.75, 3.05) is 11.9 Å². The highest BCUT2D eigenvalue weighted by molar-refractivity contribution is 5.83. The molecule has 2 aromatic rings. The summed E-state index contributed by atoms with van der Waals surface area (Å²) in [5.41, 5.74) is 3.01. The number of carboxylic acid groups (broad SMARTS) is 1. The van der Waals surface area contributed by atoms with Crippen LogP contribution in [0.1, 0.15) is 70.4 Å². The first-order chi connectivity index (χ1) is 17.1. The van der Waals surface area contributed by atoms with Crippen LogP contribution in [-0.4, -0.2) is 51.8 Å². The first kappa shape index (κ1) is 27.5. The van der Waals surface area contributed by atoms with Crippen molar-refractivity contribution in [3.63, 3.8) is 0 Å². The quantitative estimate of drug-likeness (QED) is 0.399. The molecule has 1 aliphatic carbocycles. The van der Waals surface area contributed by atoms with Crippen LogP contribution in [-0.2, 0) is 16.1 Å². The summed E-state index contributed by atoms with van der Waals surface area (Å²) < 4.78 is 5.75. The third kappa shape index (κ3) is 7.98. The molecule has 2 aromatic carbocycles. The van der Waals surface area contributed by atoms with E-state index in [0.29, 0.717) is 37.4 Å². The molecule has 1 saturated carbocycles. The van der Waals surface area contributed by atoms with Crippen molar-refractivity contribution in [2.24, 2.45) is 5.92 Å². The maximum Gasteiger partial charge on any atom is 0.323 e. The van der Waals surface area contributed by atoms with Gasteiger partial charge in [0.1, 0.15) is 12.3 Å². The minimum absolute atomic E-state index is 0.0174. The Labute approximate surface area is 214 Å². The van der Waals surface area contributed by atoms with Gasteiger partial charge in [-0.2, -0.15) is 0 Å². The molecule has 0 saturated heterocycles. The van der Waals surface area contributed by atoms with Crippen LogP contribution in [0.3, 0.4) is 0 Å². The molecule has 7 nitrogen and oxygen atoms in total. The zero-order valence-corrected chi connectivity index (χ0v) is 21.8. The third-order valence-electron chi connectivity index (χ3n) is 6.64. The second-order valence-electron chi connectivity index (χ2n) is 10.4. The number of hydrogen-bond acceptors (Lipinski definition) is 5. The van der Waals surface area contributed by atoms with Gasteiger partial charge in [-0.05, 0) is 80.8 Å². The molecule has 0 radical (unpaired) electrons. The number of hydrogen-bond donors (Lipinski definition) is 3. The highest BCUT2D eigenvalue weighted by Gasteiger charge is 2.32. The van der Waals surface area contributed by atoms with Crippen LogP contribution < -0.4 is 10.1 Å². The van der Waals surface area contributed by atoms with Gasteiger partial charge in [0, 0.05) is 18.2 Å². The summed E-state index contributed by atoms with van der Waals surface area (Å²) in [4.78, 5) is 26.5. The van der Waals surface area contributed by atoms with Crippen molar-refractivity contribution in [3.8, 4) is 5.75 Å². The van der Waals surface area contributed by atoms with Gasteiger partial charge >= 0.3 is 5.97 Å². The van der Waals surface area contributed by atoms with Crippen LogP contribution in [0.5, 0.6) is 5.75 Å². The van der Waals surface area contributed by atoms with Gasteiger partial charge in [-0.15, -0.1) is 0 Å². The van der Waals surface area contributed by atoms with Crippen molar-refractivity contribution in [1.82, 2.24) is 4.90 Å². The van der Waals surface area contributed by atoms with Gasteiger partial charge in [0.05, 0.1) is 18.2 Å². The van der Waals surface area contributed by atoms with Crippen LogP contribution in [0, 0.1) is 5.92 Å². The van der Waals surface area contributed by atoms with Crippen LogP contribution in [0.25, 0.3) is 0 Å². The molecule has 1 fully saturated rings. The number of benzene rings is 2. The molecule has 0 heterocycles. The van der Waals surface area contributed by atoms with Gasteiger partial charge in [-0.25, -0.2) is 0 Å². The number of carbonyl (C=O) groups excluding carboxylic acids is 1. The summed E-state index contributed by atoms with van der Waals surface area (Å²) in [6, 6.07) is 15.5. The van der Waals surface area contributed by atoms with E-state index in [9.17, 15) is 19.8 Å². The van der Waals surface area contributed by atoms with E-state index in [4.69, 9.17) is 4.74 Å². The van der Waals surface area contributed by atoms with Crippen LogP contribution in [0.4, 0.5) is 5.69 Å². The van der Waals surface area contributed by atoms with E-state index >= 15 is 0 Å². The zero-order chi connectivity index (χ0) is 26.2. The average Bonchev–Trinajstić information content (AvgIpc) is 2.99. The minimum Gasteiger partial charge on any atom is -0.491 e. The Bertz CT molecular complexity index is 1020. The molecular weight excluding hydrogens is 456 g/mol. The molecule has 196 valence electrons. The Morgan fingerprint density at radius 3 is 2.44 bits per heavy atom. The number of amides is 1. The largest absolute Gasteiger partial charge is 0.491 e. The molecule has 0 aliphatic heterocycles. The molecule has 36 heavy (non-hydrogen) atoms. The van der Waals surface area contributed by atoms with E-state index in [1.54, 1.807) is 0 Å². The second-order valence-corrected chi connectivity index (χ2v) is 10.4. The summed E-state index contributed by atoms with van der Waals surface area (Å²) in [5.74, 6) is -0.453. The average molecular weight is 497 g/mol. The Hall–Kier alpha value is -3.06. The fourth-order valence-electron chi connectivity index (χ4n) is 4.75. The van der Waals surface area contributed by atoms with E-state index in [1.165, 1.54) is 10.5 Å². The molecule has 0 bridgehead atoms. The number of nitrogens with zero attached hydrogens (tertiary/aromatic N) is 1. The maximum atomic E-state index is 13.5. The number of rotatable bonds is 10. The van der Waals surface area contributed by atoms with Gasteiger partial charge in [-0.1, -0.05) is 38.1 Å². The normalized spacial score (nSPS) is 20.1. The highest BCUT2D eigenvalue weighted by atomic mass is 16.5. The first-order valence-corrected chi connectivity index (χ1v) is 12.9. The number of aliphatic hydroxyl groups is 1. The predicted octanol–water partition coefficient (Wildman–Crippen LogP) is 5.04. The lowest BCUT2D eigenvalue weighted by Crippen LogP contribution is -2.39. The standard InChI is InChI=1S/C29H40N2O5/c1-19(2)23-8-6-9-24(16-23)30-26-13-11-22(12-14-27(26)32)29(35)31(18-28(33)34)17-21-7-5-10-25(15-21)36-20(3)4/h5-10,15-16,19-20,22,26-27,30,32H,11-14,17-18H2,1-4H3,(H,33,34)/t22-,26+,27+/m1/s1. The number of anilines is 1. The lowest BCUT2D eigenvalue weighted by Gasteiger charge is -2.26. The molecule has 3 rings (SSSR count). The van der Waals surface area contributed by atoms with E-state index in [-0.39, 0.29) is 37.1 Å². The SMILES string of the molecule is CC(C)Oc1cccc(CN(CC(=O)O)C(=O)[C@@H]2CC[C@H](Nc3cccc(C(C)C)c3)[C@@H](O)CC2)c1. The van der Waals surface area contributed by atoms with Crippen molar-refractivity contribution in [2.45, 2.75) is 84.1 Å². The summed E-state index contributed by atoms with van der Waals surface area (Å²) in [6.07, 6.45) is 1.66. The Balaban J connectivity index is 1.68. The molecule has 0 spiro atoms. The predicted molar refractivity (Wildman–Crippen MR) is 141 cm³/mol. The Morgan fingerprint density at radius 1 is 1.03 bits per heavy atom. The van der Waals surface area contributed by atoms with E-state index < -0.39 is 12.1 Å². The highest BCUT2D eigenvalue weighted by Crippen LogP contribution is 2.29. The van der Waals surface area contributed by atoms with Crippen LogP contribution in [0.15, 0.2) is 48.5 Å². The maximum absolute atomic E-state index is 13.5.